The van der Waals surface area contributed by atoms with Crippen LogP contribution in [0.5, 0.6) is 0 Å². The van der Waals surface area contributed by atoms with Gasteiger partial charge in [-0.25, -0.2) is 0 Å². The van der Waals surface area contributed by atoms with E-state index in [1.165, 1.54) is 5.69 Å². The van der Waals surface area contributed by atoms with Crippen LogP contribution in [0.25, 0.3) is 0 Å². The zero-order valence-electron chi connectivity index (χ0n) is 12.9. The standard InChI is InChI=1S/C16H25ClN2O2/c1-13-12-19(7-3-8-21-13)15-5-4-14(16(17)10-15)11-18-6-9-20-2/h4-5,10,13,18H,3,6-9,11-12H2,1-2H3. The molecule has 0 aliphatic carbocycles. The molecular weight excluding hydrogens is 288 g/mol. The van der Waals surface area contributed by atoms with Gasteiger partial charge in [0.1, 0.15) is 0 Å². The van der Waals surface area contributed by atoms with E-state index in [-0.39, 0.29) is 6.10 Å². The van der Waals surface area contributed by atoms with Crippen LogP contribution in [0.2, 0.25) is 5.02 Å². The van der Waals surface area contributed by atoms with Crippen LogP contribution >= 0.6 is 11.6 Å². The minimum Gasteiger partial charge on any atom is -0.383 e. The zero-order chi connectivity index (χ0) is 15.1. The summed E-state index contributed by atoms with van der Waals surface area (Å²) in [6.45, 7) is 7.20. The molecule has 0 spiro atoms. The number of hydrogen-bond acceptors (Lipinski definition) is 4. The second-order valence-electron chi connectivity index (χ2n) is 5.43. The molecule has 1 fully saturated rings. The van der Waals surface area contributed by atoms with Gasteiger partial charge in [-0.15, -0.1) is 0 Å². The van der Waals surface area contributed by atoms with Gasteiger partial charge in [-0.05, 0) is 31.0 Å². The van der Waals surface area contributed by atoms with E-state index in [1.807, 2.05) is 0 Å². The molecule has 1 aromatic carbocycles. The molecule has 1 aromatic rings. The number of hydrogen-bond donors (Lipinski definition) is 1. The Kier molecular flexibility index (Phi) is 6.77. The largest absolute Gasteiger partial charge is 0.383 e. The molecule has 1 aliphatic heterocycles. The average Bonchev–Trinajstić information content (AvgIpc) is 2.69. The van der Waals surface area contributed by atoms with Gasteiger partial charge in [-0.1, -0.05) is 17.7 Å². The van der Waals surface area contributed by atoms with E-state index in [0.29, 0.717) is 6.61 Å². The molecule has 118 valence electrons. The molecule has 2 rings (SSSR count). The van der Waals surface area contributed by atoms with Crippen molar-refractivity contribution in [3.05, 3.63) is 28.8 Å². The molecule has 1 atom stereocenters. The van der Waals surface area contributed by atoms with Gasteiger partial charge >= 0.3 is 0 Å². The Morgan fingerprint density at radius 1 is 1.48 bits per heavy atom. The van der Waals surface area contributed by atoms with Crippen LogP contribution < -0.4 is 10.2 Å². The van der Waals surface area contributed by atoms with Crippen molar-refractivity contribution in [3.8, 4) is 0 Å². The van der Waals surface area contributed by atoms with Crippen molar-refractivity contribution >= 4 is 17.3 Å². The van der Waals surface area contributed by atoms with Gasteiger partial charge in [-0.3, -0.25) is 0 Å². The molecule has 0 bridgehead atoms. The molecule has 1 heterocycles. The Labute approximate surface area is 132 Å². The number of benzene rings is 1. The predicted molar refractivity (Wildman–Crippen MR) is 87.3 cm³/mol. The highest BCUT2D eigenvalue weighted by Crippen LogP contribution is 2.25. The maximum atomic E-state index is 6.41. The van der Waals surface area contributed by atoms with Crippen LogP contribution in [0.3, 0.4) is 0 Å². The minimum absolute atomic E-state index is 0.265. The number of halogens is 1. The molecule has 1 N–H and O–H groups in total. The van der Waals surface area contributed by atoms with Crippen molar-refractivity contribution in [1.29, 1.82) is 0 Å². The van der Waals surface area contributed by atoms with Crippen molar-refractivity contribution in [2.45, 2.75) is 26.0 Å². The van der Waals surface area contributed by atoms with Crippen LogP contribution in [0.4, 0.5) is 5.69 Å². The Morgan fingerprint density at radius 3 is 3.10 bits per heavy atom. The summed E-state index contributed by atoms with van der Waals surface area (Å²) in [7, 11) is 1.70. The van der Waals surface area contributed by atoms with Gasteiger partial charge in [0.15, 0.2) is 0 Å². The zero-order valence-corrected chi connectivity index (χ0v) is 13.7. The first-order valence-corrected chi connectivity index (χ1v) is 7.93. The van der Waals surface area contributed by atoms with Crippen molar-refractivity contribution in [3.63, 3.8) is 0 Å². The van der Waals surface area contributed by atoms with E-state index < -0.39 is 0 Å². The summed E-state index contributed by atoms with van der Waals surface area (Å²) in [5, 5.41) is 4.13. The minimum atomic E-state index is 0.265. The lowest BCUT2D eigenvalue weighted by Gasteiger charge is -2.25. The normalized spacial score (nSPS) is 19.6. The second kappa shape index (κ2) is 8.59. The third kappa shape index (κ3) is 5.15. The van der Waals surface area contributed by atoms with Gasteiger partial charge in [0.25, 0.3) is 0 Å². The Morgan fingerprint density at radius 2 is 2.33 bits per heavy atom. The molecule has 4 nitrogen and oxygen atoms in total. The third-order valence-corrected chi connectivity index (χ3v) is 4.00. The Balaban J connectivity index is 1.97. The smallest absolute Gasteiger partial charge is 0.0721 e. The highest BCUT2D eigenvalue weighted by atomic mass is 35.5. The fourth-order valence-electron chi connectivity index (χ4n) is 2.50. The predicted octanol–water partition coefficient (Wildman–Crippen LogP) is 2.69. The summed E-state index contributed by atoms with van der Waals surface area (Å²) in [5.41, 5.74) is 2.30. The topological polar surface area (TPSA) is 33.7 Å². The average molecular weight is 313 g/mol. The fraction of sp³-hybridized carbons (Fsp3) is 0.625. The van der Waals surface area contributed by atoms with E-state index in [2.05, 4.69) is 35.3 Å². The molecule has 1 saturated heterocycles. The van der Waals surface area contributed by atoms with Crippen molar-refractivity contribution in [1.82, 2.24) is 5.32 Å². The number of ether oxygens (including phenoxy) is 2. The first kappa shape index (κ1) is 16.6. The summed E-state index contributed by atoms with van der Waals surface area (Å²) < 4.78 is 10.7. The summed E-state index contributed by atoms with van der Waals surface area (Å²) in [5.74, 6) is 0. The SMILES string of the molecule is COCCNCc1ccc(N2CCCOC(C)C2)cc1Cl. The second-order valence-corrected chi connectivity index (χ2v) is 5.83. The lowest BCUT2D eigenvalue weighted by molar-refractivity contribution is 0.0821. The number of methoxy groups -OCH3 is 1. The monoisotopic (exact) mass is 312 g/mol. The van der Waals surface area contributed by atoms with E-state index >= 15 is 0 Å². The van der Waals surface area contributed by atoms with Crippen LogP contribution in [-0.2, 0) is 16.0 Å². The summed E-state index contributed by atoms with van der Waals surface area (Å²) in [6, 6.07) is 6.32. The van der Waals surface area contributed by atoms with Crippen molar-refractivity contribution in [2.24, 2.45) is 0 Å². The van der Waals surface area contributed by atoms with Crippen LogP contribution in [0.1, 0.15) is 18.9 Å². The number of nitrogens with zero attached hydrogens (tertiary/aromatic N) is 1. The molecule has 0 saturated carbocycles. The van der Waals surface area contributed by atoms with Gasteiger partial charge in [-0.2, -0.15) is 0 Å². The van der Waals surface area contributed by atoms with Crippen molar-refractivity contribution in [2.75, 3.05) is 44.9 Å². The highest BCUT2D eigenvalue weighted by molar-refractivity contribution is 6.31. The van der Waals surface area contributed by atoms with E-state index in [9.17, 15) is 0 Å². The maximum absolute atomic E-state index is 6.41. The van der Waals surface area contributed by atoms with Crippen LogP contribution in [0.15, 0.2) is 18.2 Å². The molecule has 0 amide bonds. The number of nitrogens with one attached hydrogen (secondary N) is 1. The van der Waals surface area contributed by atoms with Gasteiger partial charge in [0.2, 0.25) is 0 Å². The molecule has 1 aliphatic rings. The van der Waals surface area contributed by atoms with E-state index in [4.69, 9.17) is 21.1 Å². The lowest BCUT2D eigenvalue weighted by Crippen LogP contribution is -2.30. The van der Waals surface area contributed by atoms with Crippen LogP contribution in [-0.4, -0.2) is 46.1 Å². The summed E-state index contributed by atoms with van der Waals surface area (Å²) in [4.78, 5) is 2.35. The fourth-order valence-corrected chi connectivity index (χ4v) is 2.74. The molecule has 1 unspecified atom stereocenters. The molecule has 0 radical (unpaired) electrons. The number of anilines is 1. The van der Waals surface area contributed by atoms with Crippen LogP contribution in [0, 0.1) is 0 Å². The Bertz CT molecular complexity index is 442. The maximum Gasteiger partial charge on any atom is 0.0721 e. The van der Waals surface area contributed by atoms with Crippen molar-refractivity contribution < 1.29 is 9.47 Å². The van der Waals surface area contributed by atoms with E-state index in [0.717, 1.165) is 49.8 Å². The quantitative estimate of drug-likeness (QED) is 0.819. The third-order valence-electron chi connectivity index (χ3n) is 3.65. The molecule has 5 heteroatoms. The van der Waals surface area contributed by atoms with E-state index in [1.54, 1.807) is 7.11 Å². The summed E-state index contributed by atoms with van der Waals surface area (Å²) >= 11 is 6.41. The van der Waals surface area contributed by atoms with Gasteiger partial charge < -0.3 is 19.7 Å². The first-order valence-electron chi connectivity index (χ1n) is 7.55. The Hall–Kier alpha value is -0.810. The molecular formula is C16H25ClN2O2. The van der Waals surface area contributed by atoms with Gasteiger partial charge in [0, 0.05) is 50.6 Å². The van der Waals surface area contributed by atoms with Gasteiger partial charge in [0.05, 0.1) is 12.7 Å². The summed E-state index contributed by atoms with van der Waals surface area (Å²) in [6.07, 6.45) is 1.32. The molecule has 0 aromatic heterocycles. The highest BCUT2D eigenvalue weighted by Gasteiger charge is 2.16. The number of rotatable bonds is 6. The molecule has 21 heavy (non-hydrogen) atoms. The lowest BCUT2D eigenvalue weighted by atomic mass is 10.1. The first-order chi connectivity index (χ1) is 10.2.